The number of benzene rings is 3. The maximum atomic E-state index is 13.5. The molecule has 0 aliphatic heterocycles. The highest BCUT2D eigenvalue weighted by Gasteiger charge is 2.23. The van der Waals surface area contributed by atoms with Gasteiger partial charge in [0.25, 0.3) is 0 Å². The lowest BCUT2D eigenvalue weighted by Gasteiger charge is -2.08. The molecule has 0 unspecified atom stereocenters. The van der Waals surface area contributed by atoms with Gasteiger partial charge in [-0.05, 0) is 18.2 Å². The predicted molar refractivity (Wildman–Crippen MR) is 94.1 cm³/mol. The largest absolute Gasteiger partial charge is 0.478 e. The molecule has 0 saturated carbocycles. The van der Waals surface area contributed by atoms with E-state index in [0.29, 0.717) is 11.5 Å². The van der Waals surface area contributed by atoms with Crippen molar-refractivity contribution in [2.45, 2.75) is 0 Å². The molecule has 0 saturated heterocycles. The lowest BCUT2D eigenvalue weighted by atomic mass is 10.1. The number of carboxylic acids is 2. The van der Waals surface area contributed by atoms with Crippen LogP contribution < -0.4 is 4.74 Å². The van der Waals surface area contributed by atoms with Crippen molar-refractivity contribution in [1.82, 2.24) is 0 Å². The SMILES string of the molecule is O=C(O)c1cccc2c1oc1c(C(=O)O)ccc(Oc3cc(F)cc(F)c3)c12. The van der Waals surface area contributed by atoms with E-state index in [9.17, 15) is 28.6 Å². The molecule has 6 nitrogen and oxygen atoms in total. The van der Waals surface area contributed by atoms with Gasteiger partial charge in [-0.3, -0.25) is 0 Å². The van der Waals surface area contributed by atoms with E-state index in [1.165, 1.54) is 30.3 Å². The third-order valence-electron chi connectivity index (χ3n) is 4.13. The number of fused-ring (bicyclic) bond motifs is 3. The number of hydrogen-bond acceptors (Lipinski definition) is 4. The number of carboxylic acid groups (broad SMARTS) is 2. The molecule has 2 N–H and O–H groups in total. The van der Waals surface area contributed by atoms with Crippen molar-refractivity contribution < 1.29 is 37.7 Å². The van der Waals surface area contributed by atoms with Gasteiger partial charge in [-0.15, -0.1) is 0 Å². The molecule has 28 heavy (non-hydrogen) atoms. The zero-order valence-electron chi connectivity index (χ0n) is 13.9. The smallest absolute Gasteiger partial charge is 0.339 e. The van der Waals surface area contributed by atoms with Crippen molar-refractivity contribution in [2.75, 3.05) is 0 Å². The normalized spacial score (nSPS) is 11.1. The molecule has 0 aliphatic carbocycles. The summed E-state index contributed by atoms with van der Waals surface area (Å²) < 4.78 is 38.1. The molecule has 0 bridgehead atoms. The van der Waals surface area contributed by atoms with Crippen LogP contribution in [0.3, 0.4) is 0 Å². The first-order valence-electron chi connectivity index (χ1n) is 7.94. The molecule has 0 spiro atoms. The van der Waals surface area contributed by atoms with Crippen molar-refractivity contribution in [1.29, 1.82) is 0 Å². The predicted octanol–water partition coefficient (Wildman–Crippen LogP) is 5.05. The standard InChI is InChI=1S/C20H10F2O6/c21-9-6-10(22)8-11(7-9)27-15-5-4-14(20(25)26)18-16(15)12-2-1-3-13(19(23)24)17(12)28-18/h1-8H,(H,23,24)(H,25,26). The van der Waals surface area contributed by atoms with Crippen molar-refractivity contribution >= 4 is 33.9 Å². The van der Waals surface area contributed by atoms with Crippen LogP contribution in [-0.4, -0.2) is 22.2 Å². The van der Waals surface area contributed by atoms with E-state index in [-0.39, 0.29) is 39.2 Å². The van der Waals surface area contributed by atoms with Gasteiger partial charge in [-0.25, -0.2) is 18.4 Å². The molecule has 140 valence electrons. The fraction of sp³-hybridized carbons (Fsp3) is 0. The number of carbonyl (C=O) groups is 2. The Balaban J connectivity index is 2.03. The summed E-state index contributed by atoms with van der Waals surface area (Å²) in [6, 6.07) is 9.46. The monoisotopic (exact) mass is 384 g/mol. The molecular formula is C20H10F2O6. The minimum absolute atomic E-state index is 0.0334. The highest BCUT2D eigenvalue weighted by molar-refractivity contribution is 6.17. The molecule has 4 aromatic rings. The van der Waals surface area contributed by atoms with Crippen molar-refractivity contribution in [3.63, 3.8) is 0 Å². The summed E-state index contributed by atoms with van der Waals surface area (Å²) in [6.45, 7) is 0. The van der Waals surface area contributed by atoms with Crippen LogP contribution in [-0.2, 0) is 0 Å². The number of rotatable bonds is 4. The molecule has 0 fully saturated rings. The van der Waals surface area contributed by atoms with Crippen LogP contribution >= 0.6 is 0 Å². The Morgan fingerprint density at radius 2 is 1.50 bits per heavy atom. The summed E-state index contributed by atoms with van der Waals surface area (Å²) in [5.41, 5.74) is -0.507. The van der Waals surface area contributed by atoms with Gasteiger partial charge in [0, 0.05) is 23.6 Å². The van der Waals surface area contributed by atoms with E-state index in [1.54, 1.807) is 0 Å². The summed E-state index contributed by atoms with van der Waals surface area (Å²) in [7, 11) is 0. The zero-order chi connectivity index (χ0) is 20.0. The van der Waals surface area contributed by atoms with Crippen LogP contribution in [0.15, 0.2) is 52.9 Å². The Kier molecular flexibility index (Phi) is 3.96. The van der Waals surface area contributed by atoms with E-state index in [2.05, 4.69) is 0 Å². The fourth-order valence-electron chi connectivity index (χ4n) is 3.01. The fourth-order valence-corrected chi connectivity index (χ4v) is 3.01. The molecule has 3 aromatic carbocycles. The molecule has 0 amide bonds. The Morgan fingerprint density at radius 1 is 0.857 bits per heavy atom. The number of para-hydroxylation sites is 1. The molecule has 0 atom stereocenters. The number of ether oxygens (including phenoxy) is 1. The van der Waals surface area contributed by atoms with E-state index in [1.807, 2.05) is 0 Å². The molecule has 0 radical (unpaired) electrons. The van der Waals surface area contributed by atoms with Crippen molar-refractivity contribution in [2.24, 2.45) is 0 Å². The highest BCUT2D eigenvalue weighted by atomic mass is 19.1. The van der Waals surface area contributed by atoms with Gasteiger partial charge in [-0.1, -0.05) is 12.1 Å². The minimum Gasteiger partial charge on any atom is -0.478 e. The Hall–Kier alpha value is -3.94. The first-order chi connectivity index (χ1) is 13.3. The number of halogens is 2. The summed E-state index contributed by atoms with van der Waals surface area (Å²) in [5, 5.41) is 19.3. The number of aromatic carboxylic acids is 2. The minimum atomic E-state index is -1.29. The Labute approximate surface area is 155 Å². The van der Waals surface area contributed by atoms with Gasteiger partial charge in [0.2, 0.25) is 0 Å². The van der Waals surface area contributed by atoms with E-state index >= 15 is 0 Å². The molecular weight excluding hydrogens is 374 g/mol. The van der Waals surface area contributed by atoms with Crippen LogP contribution in [0.2, 0.25) is 0 Å². The van der Waals surface area contributed by atoms with Gasteiger partial charge in [0.05, 0.1) is 5.39 Å². The van der Waals surface area contributed by atoms with Gasteiger partial charge in [0.15, 0.2) is 5.58 Å². The van der Waals surface area contributed by atoms with Crippen molar-refractivity contribution in [3.05, 3.63) is 71.3 Å². The lowest BCUT2D eigenvalue weighted by molar-refractivity contribution is 0.0688. The second-order valence-electron chi connectivity index (χ2n) is 5.92. The summed E-state index contributed by atoms with van der Waals surface area (Å²) in [4.78, 5) is 23.0. The molecule has 1 aromatic heterocycles. The Bertz CT molecular complexity index is 1250. The molecule has 0 aliphatic rings. The molecule has 8 heteroatoms. The van der Waals surface area contributed by atoms with Gasteiger partial charge in [0.1, 0.15) is 39.8 Å². The van der Waals surface area contributed by atoms with Crippen molar-refractivity contribution in [3.8, 4) is 11.5 Å². The number of hydrogen-bond donors (Lipinski definition) is 2. The highest BCUT2D eigenvalue weighted by Crippen LogP contribution is 2.40. The Morgan fingerprint density at radius 3 is 2.14 bits per heavy atom. The van der Waals surface area contributed by atoms with E-state index in [0.717, 1.165) is 12.1 Å². The maximum Gasteiger partial charge on any atom is 0.339 e. The van der Waals surface area contributed by atoms with E-state index in [4.69, 9.17) is 9.15 Å². The third-order valence-corrected chi connectivity index (χ3v) is 4.13. The topological polar surface area (TPSA) is 97.0 Å². The summed E-state index contributed by atoms with van der Waals surface area (Å²) in [5.74, 6) is -4.32. The average molecular weight is 384 g/mol. The first kappa shape index (κ1) is 17.5. The first-order valence-corrected chi connectivity index (χ1v) is 7.94. The lowest BCUT2D eigenvalue weighted by Crippen LogP contribution is -1.97. The zero-order valence-corrected chi connectivity index (χ0v) is 13.9. The third kappa shape index (κ3) is 2.81. The van der Waals surface area contributed by atoms with Gasteiger partial charge < -0.3 is 19.4 Å². The van der Waals surface area contributed by atoms with Crippen LogP contribution in [0.1, 0.15) is 20.7 Å². The quantitative estimate of drug-likeness (QED) is 0.511. The molecule has 1 heterocycles. The van der Waals surface area contributed by atoms with Gasteiger partial charge in [-0.2, -0.15) is 0 Å². The second kappa shape index (κ2) is 6.34. The second-order valence-corrected chi connectivity index (χ2v) is 5.92. The van der Waals surface area contributed by atoms with Gasteiger partial charge >= 0.3 is 11.9 Å². The maximum absolute atomic E-state index is 13.5. The van der Waals surface area contributed by atoms with Crippen LogP contribution in [0.4, 0.5) is 8.78 Å². The molecule has 4 rings (SSSR count). The number of furan rings is 1. The summed E-state index contributed by atoms with van der Waals surface area (Å²) >= 11 is 0. The van der Waals surface area contributed by atoms with E-state index < -0.39 is 23.6 Å². The summed E-state index contributed by atoms with van der Waals surface area (Å²) in [6.07, 6.45) is 0. The van der Waals surface area contributed by atoms with Crippen LogP contribution in [0.5, 0.6) is 11.5 Å². The average Bonchev–Trinajstić information content (AvgIpc) is 3.00. The van der Waals surface area contributed by atoms with Crippen LogP contribution in [0, 0.1) is 11.6 Å². The van der Waals surface area contributed by atoms with Crippen LogP contribution in [0.25, 0.3) is 21.9 Å².